The second kappa shape index (κ2) is 15.9. The molecule has 1 N–H and O–H groups in total. The zero-order chi connectivity index (χ0) is 35.7. The number of amides is 2. The van der Waals surface area contributed by atoms with Crippen molar-refractivity contribution in [3.8, 4) is 23.0 Å². The summed E-state index contributed by atoms with van der Waals surface area (Å²) in [6.07, 6.45) is -0.783. The highest BCUT2D eigenvalue weighted by molar-refractivity contribution is 5.95. The highest BCUT2D eigenvalue weighted by atomic mass is 16.6. The molecule has 0 bridgehead atoms. The maximum Gasteiger partial charge on any atom is 0.311 e. The molecule has 0 aliphatic rings. The van der Waals surface area contributed by atoms with Crippen LogP contribution in [0.25, 0.3) is 0 Å². The van der Waals surface area contributed by atoms with Crippen molar-refractivity contribution < 1.29 is 38.8 Å². The van der Waals surface area contributed by atoms with E-state index in [0.29, 0.717) is 28.0 Å². The summed E-state index contributed by atoms with van der Waals surface area (Å²) in [5.74, 6) is -0.124. The van der Waals surface area contributed by atoms with Gasteiger partial charge in [0.1, 0.15) is 11.5 Å². The minimum absolute atomic E-state index is 0.00727. The summed E-state index contributed by atoms with van der Waals surface area (Å²) in [5, 5.41) is 31.9. The Morgan fingerprint density at radius 1 is 0.667 bits per heavy atom. The Labute approximate surface area is 276 Å². The molecule has 0 radical (unpaired) electrons. The molecule has 0 heterocycles. The Balaban J connectivity index is 0.000000260. The zero-order valence-corrected chi connectivity index (χ0v) is 27.1. The van der Waals surface area contributed by atoms with Crippen molar-refractivity contribution in [2.24, 2.45) is 0 Å². The molecular weight excluding hydrogens is 624 g/mol. The Kier molecular flexibility index (Phi) is 12.0. The number of carbonyl (C=O) groups excluding carboxylic acids is 3. The molecule has 48 heavy (non-hydrogen) atoms. The Bertz CT molecular complexity index is 1850. The molecule has 14 heteroatoms. The molecule has 4 aromatic carbocycles. The topological polar surface area (TPSA) is 183 Å². The Morgan fingerprint density at radius 2 is 1.10 bits per heavy atom. The van der Waals surface area contributed by atoms with E-state index in [1.165, 1.54) is 65.3 Å². The van der Waals surface area contributed by atoms with Crippen molar-refractivity contribution in [2.45, 2.75) is 20.0 Å². The van der Waals surface area contributed by atoms with Gasteiger partial charge in [0, 0.05) is 57.0 Å². The molecular formula is C34H34N4O10. The molecule has 4 aromatic rings. The molecule has 0 aliphatic carbocycles. The standard InChI is InChI=1S/C17H18N2O5.C17H16N2O5/c2*1-11(20)12-7-8-15(19(22)23)16(10-12)24-14-6-4-5-13(9-14)17(21)18(2)3/h4-11,20H,1-3H3;4-10H,1-3H3/t11-;/m1./s1. The lowest BCUT2D eigenvalue weighted by molar-refractivity contribution is -0.385. The van der Waals surface area contributed by atoms with E-state index in [0.717, 1.165) is 0 Å². The summed E-state index contributed by atoms with van der Waals surface area (Å²) >= 11 is 0. The monoisotopic (exact) mass is 658 g/mol. The lowest BCUT2D eigenvalue weighted by atomic mass is 10.1. The molecule has 0 saturated heterocycles. The van der Waals surface area contributed by atoms with E-state index >= 15 is 0 Å². The van der Waals surface area contributed by atoms with E-state index in [9.17, 15) is 39.7 Å². The predicted molar refractivity (Wildman–Crippen MR) is 176 cm³/mol. The molecule has 0 saturated carbocycles. The lowest BCUT2D eigenvalue weighted by Gasteiger charge is -2.13. The number of nitrogens with zero attached hydrogens (tertiary/aromatic N) is 4. The second-order valence-electron chi connectivity index (χ2n) is 10.8. The van der Waals surface area contributed by atoms with Crippen molar-refractivity contribution in [1.29, 1.82) is 0 Å². The van der Waals surface area contributed by atoms with Gasteiger partial charge < -0.3 is 24.4 Å². The number of hydrogen-bond acceptors (Lipinski definition) is 10. The van der Waals surface area contributed by atoms with Crippen molar-refractivity contribution in [2.75, 3.05) is 28.2 Å². The Morgan fingerprint density at radius 3 is 1.50 bits per heavy atom. The molecule has 1 atom stereocenters. The minimum atomic E-state index is -0.783. The van der Waals surface area contributed by atoms with Gasteiger partial charge in [-0.15, -0.1) is 0 Å². The number of aliphatic hydroxyl groups excluding tert-OH is 1. The smallest absolute Gasteiger partial charge is 0.311 e. The molecule has 0 aliphatic heterocycles. The number of Topliss-reactive ketones (excluding diaryl/α,β-unsaturated/α-hetero) is 1. The lowest BCUT2D eigenvalue weighted by Crippen LogP contribution is -2.21. The van der Waals surface area contributed by atoms with Crippen LogP contribution in [0.2, 0.25) is 0 Å². The first kappa shape index (κ1) is 36.3. The summed E-state index contributed by atoms with van der Waals surface area (Å²) in [7, 11) is 6.51. The number of ether oxygens (including phenoxy) is 2. The van der Waals surface area contributed by atoms with Gasteiger partial charge in [0.05, 0.1) is 16.0 Å². The summed E-state index contributed by atoms with van der Waals surface area (Å²) in [4.78, 5) is 59.4. The van der Waals surface area contributed by atoms with Crippen LogP contribution < -0.4 is 9.47 Å². The van der Waals surface area contributed by atoms with Crippen LogP contribution in [0, 0.1) is 20.2 Å². The third-order valence-corrected chi connectivity index (χ3v) is 6.66. The summed E-state index contributed by atoms with van der Waals surface area (Å²) in [5.41, 5.74) is 1.12. The predicted octanol–water partition coefficient (Wildman–Crippen LogP) is 6.43. The average Bonchev–Trinajstić information content (AvgIpc) is 3.04. The molecule has 4 rings (SSSR count). The van der Waals surface area contributed by atoms with Crippen LogP contribution in [0.15, 0.2) is 84.9 Å². The van der Waals surface area contributed by atoms with E-state index in [2.05, 4.69) is 0 Å². The number of rotatable bonds is 10. The molecule has 0 spiro atoms. The first-order chi connectivity index (χ1) is 22.6. The maximum atomic E-state index is 12.0. The van der Waals surface area contributed by atoms with Gasteiger partial charge in [-0.2, -0.15) is 0 Å². The van der Waals surface area contributed by atoms with Crippen LogP contribution in [0.5, 0.6) is 23.0 Å². The van der Waals surface area contributed by atoms with Gasteiger partial charge in [0.15, 0.2) is 5.78 Å². The van der Waals surface area contributed by atoms with Crippen molar-refractivity contribution in [3.05, 3.63) is 127 Å². The second-order valence-corrected chi connectivity index (χ2v) is 10.8. The zero-order valence-electron chi connectivity index (χ0n) is 27.1. The number of nitro benzene ring substituents is 2. The first-order valence-electron chi connectivity index (χ1n) is 14.3. The first-order valence-corrected chi connectivity index (χ1v) is 14.3. The van der Waals surface area contributed by atoms with Crippen LogP contribution in [0.3, 0.4) is 0 Å². The maximum absolute atomic E-state index is 12.0. The molecule has 0 aromatic heterocycles. The highest BCUT2D eigenvalue weighted by Crippen LogP contribution is 2.35. The molecule has 14 nitrogen and oxygen atoms in total. The van der Waals surface area contributed by atoms with Crippen molar-refractivity contribution in [3.63, 3.8) is 0 Å². The van der Waals surface area contributed by atoms with E-state index in [4.69, 9.17) is 9.47 Å². The van der Waals surface area contributed by atoms with Gasteiger partial charge >= 0.3 is 11.4 Å². The van der Waals surface area contributed by atoms with Gasteiger partial charge in [0.25, 0.3) is 11.8 Å². The summed E-state index contributed by atoms with van der Waals surface area (Å²) in [6.45, 7) is 2.92. The van der Waals surface area contributed by atoms with Crippen LogP contribution in [-0.4, -0.2) is 70.5 Å². The largest absolute Gasteiger partial charge is 0.450 e. The van der Waals surface area contributed by atoms with Gasteiger partial charge in [-0.1, -0.05) is 12.1 Å². The third kappa shape index (κ3) is 9.43. The minimum Gasteiger partial charge on any atom is -0.450 e. The average molecular weight is 659 g/mol. The summed E-state index contributed by atoms with van der Waals surface area (Å²) < 4.78 is 11.2. The van der Waals surface area contributed by atoms with Crippen LogP contribution in [0.1, 0.15) is 56.6 Å². The SMILES string of the molecule is CC(=O)c1ccc([N+](=O)[O-])c(Oc2cccc(C(=O)N(C)C)c2)c1.C[C@@H](O)c1ccc([N+](=O)[O-])c(Oc2cccc(C(=O)N(C)C)c2)c1. The fourth-order valence-electron chi connectivity index (χ4n) is 4.14. The number of aliphatic hydroxyl groups is 1. The third-order valence-electron chi connectivity index (χ3n) is 6.66. The fourth-order valence-corrected chi connectivity index (χ4v) is 4.14. The quantitative estimate of drug-likeness (QED) is 0.113. The number of benzene rings is 4. The van der Waals surface area contributed by atoms with Crippen LogP contribution in [0.4, 0.5) is 11.4 Å². The molecule has 0 unspecified atom stereocenters. The van der Waals surface area contributed by atoms with E-state index in [-0.39, 0.29) is 46.2 Å². The summed E-state index contributed by atoms with van der Waals surface area (Å²) in [6, 6.07) is 20.8. The molecule has 250 valence electrons. The van der Waals surface area contributed by atoms with Crippen LogP contribution >= 0.6 is 0 Å². The molecule has 0 fully saturated rings. The number of carbonyl (C=O) groups is 3. The fraction of sp³-hybridized carbons (Fsp3) is 0.206. The van der Waals surface area contributed by atoms with Gasteiger partial charge in [-0.25, -0.2) is 0 Å². The number of ketones is 1. The van der Waals surface area contributed by atoms with E-state index in [1.807, 2.05) is 0 Å². The van der Waals surface area contributed by atoms with Gasteiger partial charge in [-0.3, -0.25) is 34.6 Å². The highest BCUT2D eigenvalue weighted by Gasteiger charge is 2.20. The van der Waals surface area contributed by atoms with E-state index < -0.39 is 16.0 Å². The van der Waals surface area contributed by atoms with E-state index in [1.54, 1.807) is 71.5 Å². The normalized spacial score (nSPS) is 10.9. The van der Waals surface area contributed by atoms with Crippen LogP contribution in [-0.2, 0) is 0 Å². The van der Waals surface area contributed by atoms with Crippen molar-refractivity contribution >= 4 is 29.0 Å². The molecule has 2 amide bonds. The Hall–Kier alpha value is -6.15. The van der Waals surface area contributed by atoms with Gasteiger partial charge in [0.2, 0.25) is 11.5 Å². The number of nitro groups is 2. The van der Waals surface area contributed by atoms with Gasteiger partial charge in [-0.05, 0) is 80.1 Å². The van der Waals surface area contributed by atoms with Crippen molar-refractivity contribution in [1.82, 2.24) is 9.80 Å². The number of hydrogen-bond donors (Lipinski definition) is 1.